The van der Waals surface area contributed by atoms with Crippen molar-refractivity contribution >= 4 is 23.5 Å². The van der Waals surface area contributed by atoms with Gasteiger partial charge < -0.3 is 15.0 Å². The lowest BCUT2D eigenvalue weighted by Gasteiger charge is -2.27. The van der Waals surface area contributed by atoms with E-state index in [1.54, 1.807) is 6.20 Å². The summed E-state index contributed by atoms with van der Waals surface area (Å²) in [7, 11) is 0. The number of aryl methyl sites for hydroxylation is 1. The van der Waals surface area contributed by atoms with E-state index >= 15 is 0 Å². The number of carbonyl (C=O) groups excluding carboxylic acids is 1. The summed E-state index contributed by atoms with van der Waals surface area (Å²) >= 11 is 6.82. The highest BCUT2D eigenvalue weighted by Gasteiger charge is 2.34. The van der Waals surface area contributed by atoms with Crippen molar-refractivity contribution in [2.75, 3.05) is 0 Å². The fourth-order valence-corrected chi connectivity index (χ4v) is 8.71. The molecule has 270 valence electrons. The Balaban J connectivity index is 1.25. The number of hydrogen-bond donors (Lipinski definition) is 2. The Morgan fingerprint density at radius 3 is 2.27 bits per heavy atom. The lowest BCUT2D eigenvalue weighted by atomic mass is 9.81. The molecule has 2 fully saturated rings. The van der Waals surface area contributed by atoms with E-state index in [0.717, 1.165) is 91.7 Å². The van der Waals surface area contributed by atoms with Gasteiger partial charge in [-0.25, -0.2) is 4.98 Å². The van der Waals surface area contributed by atoms with Crippen LogP contribution >= 0.6 is 11.6 Å². The predicted octanol–water partition coefficient (Wildman–Crippen LogP) is 9.72. The number of amides is 1. The summed E-state index contributed by atoms with van der Waals surface area (Å²) < 4.78 is 2.17. The van der Waals surface area contributed by atoms with E-state index in [-0.39, 0.29) is 23.8 Å². The lowest BCUT2D eigenvalue weighted by Crippen LogP contribution is -2.36. The third-order valence-electron chi connectivity index (χ3n) is 11.2. The van der Waals surface area contributed by atoms with Gasteiger partial charge in [-0.3, -0.25) is 14.6 Å². The third-order valence-corrected chi connectivity index (χ3v) is 11.5. The Morgan fingerprint density at radius 2 is 1.61 bits per heavy atom. The maximum absolute atomic E-state index is 14.3. The maximum atomic E-state index is 14.3. The number of aromatic nitrogens is 3. The zero-order valence-corrected chi connectivity index (χ0v) is 30.7. The normalized spacial score (nSPS) is 17.2. The molecule has 0 radical (unpaired) electrons. The summed E-state index contributed by atoms with van der Waals surface area (Å²) in [5.74, 6) is 0.152. The quantitative estimate of drug-likeness (QED) is 0.121. The van der Waals surface area contributed by atoms with Gasteiger partial charge in [0.25, 0.3) is 0 Å². The van der Waals surface area contributed by atoms with E-state index in [9.17, 15) is 14.7 Å². The van der Waals surface area contributed by atoms with Crippen LogP contribution in [-0.4, -0.2) is 31.5 Å². The number of rotatable bonds is 16. The molecule has 2 aliphatic rings. The zero-order valence-electron chi connectivity index (χ0n) is 30.0. The molecular weight excluding hydrogens is 656 g/mol. The van der Waals surface area contributed by atoms with Crippen molar-refractivity contribution in [2.24, 2.45) is 17.8 Å². The minimum absolute atomic E-state index is 0.0253. The SMILES string of the molecule is CCCCc1nc(Cl)c(CC(CC2CCCCC2)C(=O)O)n1Cc1ccc(C(C(=O)NC(c2ccccc2)c2ccccn2)C2CCCC2)cc1. The minimum atomic E-state index is -0.752. The number of nitrogens with zero attached hydrogens (tertiary/aromatic N) is 3. The van der Waals surface area contributed by atoms with Crippen LogP contribution in [0.2, 0.25) is 5.15 Å². The van der Waals surface area contributed by atoms with Crippen LogP contribution in [0.3, 0.4) is 0 Å². The Hall–Kier alpha value is -3.97. The van der Waals surface area contributed by atoms with E-state index in [0.29, 0.717) is 30.5 Å². The summed E-state index contributed by atoms with van der Waals surface area (Å²) in [6, 6.07) is 24.0. The van der Waals surface area contributed by atoms with Gasteiger partial charge in [-0.2, -0.15) is 0 Å². The van der Waals surface area contributed by atoms with E-state index in [1.165, 1.54) is 19.3 Å². The Labute approximate surface area is 308 Å². The average molecular weight is 709 g/mol. The van der Waals surface area contributed by atoms with Crippen LogP contribution in [0.1, 0.15) is 130 Å². The van der Waals surface area contributed by atoms with Gasteiger partial charge in [0.15, 0.2) is 5.15 Å². The van der Waals surface area contributed by atoms with Crippen molar-refractivity contribution in [1.29, 1.82) is 0 Å². The number of pyridine rings is 1. The molecule has 7 nitrogen and oxygen atoms in total. The highest BCUT2D eigenvalue weighted by atomic mass is 35.5. The number of carboxylic acid groups (broad SMARTS) is 1. The highest BCUT2D eigenvalue weighted by Crippen LogP contribution is 2.39. The van der Waals surface area contributed by atoms with Gasteiger partial charge in [-0.05, 0) is 66.3 Å². The first-order valence-corrected chi connectivity index (χ1v) is 19.6. The molecule has 0 spiro atoms. The van der Waals surface area contributed by atoms with Gasteiger partial charge in [-0.1, -0.05) is 131 Å². The first-order chi connectivity index (χ1) is 24.9. The van der Waals surface area contributed by atoms with Crippen LogP contribution in [-0.2, 0) is 29.0 Å². The number of unbranched alkanes of at least 4 members (excludes halogenated alkanes) is 1. The first kappa shape index (κ1) is 36.8. The summed E-state index contributed by atoms with van der Waals surface area (Å²) in [5, 5.41) is 14.1. The minimum Gasteiger partial charge on any atom is -0.481 e. The van der Waals surface area contributed by atoms with Gasteiger partial charge in [0.05, 0.1) is 29.3 Å². The number of nitrogens with one attached hydrogen (secondary N) is 1. The summed E-state index contributed by atoms with van der Waals surface area (Å²) in [4.78, 5) is 36.3. The molecule has 1 amide bonds. The molecule has 2 aromatic heterocycles. The molecule has 4 aromatic rings. The number of benzene rings is 2. The van der Waals surface area contributed by atoms with Crippen LogP contribution < -0.4 is 5.32 Å². The number of hydrogen-bond acceptors (Lipinski definition) is 4. The Kier molecular flexibility index (Phi) is 13.0. The van der Waals surface area contributed by atoms with Crippen LogP contribution in [0.25, 0.3) is 0 Å². The van der Waals surface area contributed by atoms with Crippen LogP contribution in [0.15, 0.2) is 79.0 Å². The molecule has 0 aliphatic heterocycles. The van der Waals surface area contributed by atoms with Crippen molar-refractivity contribution in [2.45, 2.75) is 115 Å². The molecular formula is C43H53ClN4O3. The smallest absolute Gasteiger partial charge is 0.306 e. The average Bonchev–Trinajstić information content (AvgIpc) is 3.79. The van der Waals surface area contributed by atoms with Crippen molar-refractivity contribution in [3.8, 4) is 0 Å². The molecule has 2 aliphatic carbocycles. The van der Waals surface area contributed by atoms with E-state index in [4.69, 9.17) is 16.6 Å². The lowest BCUT2D eigenvalue weighted by molar-refractivity contribution is -0.142. The van der Waals surface area contributed by atoms with Gasteiger partial charge in [-0.15, -0.1) is 0 Å². The van der Waals surface area contributed by atoms with Crippen molar-refractivity contribution in [3.05, 3.63) is 118 Å². The molecule has 0 saturated heterocycles. The molecule has 0 bridgehead atoms. The van der Waals surface area contributed by atoms with Crippen molar-refractivity contribution in [1.82, 2.24) is 19.9 Å². The summed E-state index contributed by atoms with van der Waals surface area (Å²) in [6.45, 7) is 2.72. The topological polar surface area (TPSA) is 97.1 Å². The van der Waals surface area contributed by atoms with E-state index in [2.05, 4.69) is 46.1 Å². The van der Waals surface area contributed by atoms with E-state index < -0.39 is 11.9 Å². The molecule has 2 saturated carbocycles. The third kappa shape index (κ3) is 9.48. The Bertz CT molecular complexity index is 1660. The number of carbonyl (C=O) groups is 2. The van der Waals surface area contributed by atoms with E-state index in [1.807, 2.05) is 48.5 Å². The summed E-state index contributed by atoms with van der Waals surface area (Å²) in [5.41, 5.74) is 4.73. The first-order valence-electron chi connectivity index (χ1n) is 19.2. The van der Waals surface area contributed by atoms with Gasteiger partial charge in [0, 0.05) is 25.6 Å². The second-order valence-electron chi connectivity index (χ2n) is 14.8. The number of imidazole rings is 1. The highest BCUT2D eigenvalue weighted by molar-refractivity contribution is 6.30. The van der Waals surface area contributed by atoms with Crippen LogP contribution in [0.4, 0.5) is 0 Å². The number of aliphatic carboxylic acids is 1. The summed E-state index contributed by atoms with van der Waals surface area (Å²) in [6.07, 6.45) is 15.8. The molecule has 2 heterocycles. The van der Waals surface area contributed by atoms with Crippen molar-refractivity contribution < 1.29 is 14.7 Å². The standard InChI is InChI=1S/C43H53ClN4O3/c1-2-3-21-38-46-41(44)37(28-35(43(50)51)27-30-14-6-4-7-15-30)48(38)29-31-22-24-33(25-23-31)39(32-16-10-11-17-32)42(49)47-40(34-18-8-5-9-19-34)36-20-12-13-26-45-36/h5,8-9,12-13,18-20,22-26,30,32,35,39-40H,2-4,6-7,10-11,14-17,21,27-29H2,1H3,(H,47,49)(H,50,51). The van der Waals surface area contributed by atoms with Gasteiger partial charge in [0.2, 0.25) is 5.91 Å². The second kappa shape index (κ2) is 18.0. The zero-order chi connectivity index (χ0) is 35.6. The molecule has 3 unspecified atom stereocenters. The predicted molar refractivity (Wildman–Crippen MR) is 203 cm³/mol. The number of halogens is 1. The van der Waals surface area contributed by atoms with Gasteiger partial charge in [0.1, 0.15) is 5.82 Å². The van der Waals surface area contributed by atoms with Crippen LogP contribution in [0.5, 0.6) is 0 Å². The molecule has 2 aromatic carbocycles. The molecule has 51 heavy (non-hydrogen) atoms. The largest absolute Gasteiger partial charge is 0.481 e. The second-order valence-corrected chi connectivity index (χ2v) is 15.2. The fourth-order valence-electron chi connectivity index (χ4n) is 8.44. The number of carboxylic acids is 1. The molecule has 2 N–H and O–H groups in total. The maximum Gasteiger partial charge on any atom is 0.306 e. The fraction of sp³-hybridized carbons (Fsp3) is 0.488. The van der Waals surface area contributed by atoms with Crippen molar-refractivity contribution in [3.63, 3.8) is 0 Å². The Morgan fingerprint density at radius 1 is 0.902 bits per heavy atom. The van der Waals surface area contributed by atoms with Crippen LogP contribution in [0, 0.1) is 17.8 Å². The molecule has 8 heteroatoms. The molecule has 6 rings (SSSR count). The van der Waals surface area contributed by atoms with Gasteiger partial charge >= 0.3 is 5.97 Å². The monoisotopic (exact) mass is 708 g/mol. The molecule has 3 atom stereocenters.